The van der Waals surface area contributed by atoms with Crippen molar-refractivity contribution in [3.8, 4) is 5.88 Å². The highest BCUT2D eigenvalue weighted by molar-refractivity contribution is 9.10. The molecule has 1 aromatic rings. The highest BCUT2D eigenvalue weighted by atomic mass is 79.9. The van der Waals surface area contributed by atoms with E-state index >= 15 is 0 Å². The molecule has 0 amide bonds. The van der Waals surface area contributed by atoms with Crippen molar-refractivity contribution >= 4 is 27.5 Å². The van der Waals surface area contributed by atoms with Crippen molar-refractivity contribution in [2.45, 2.75) is 13.3 Å². The molecule has 0 aliphatic heterocycles. The molecule has 0 aromatic carbocycles. The molecule has 0 unspecified atom stereocenters. The van der Waals surface area contributed by atoms with Crippen molar-refractivity contribution in [1.29, 1.82) is 0 Å². The van der Waals surface area contributed by atoms with Crippen LogP contribution in [0.2, 0.25) is 5.02 Å². The highest BCUT2D eigenvalue weighted by Gasteiger charge is 2.03. The molecule has 0 saturated carbocycles. The summed E-state index contributed by atoms with van der Waals surface area (Å²) in [4.78, 5) is 4.04. The van der Waals surface area contributed by atoms with Crippen LogP contribution in [0, 0.1) is 0 Å². The van der Waals surface area contributed by atoms with Crippen LogP contribution in [0.5, 0.6) is 5.88 Å². The van der Waals surface area contributed by atoms with E-state index in [1.807, 2.05) is 6.92 Å². The SMILES string of the molecule is C=C(C)CCOc1ncc(Br)cc1Cl. The molecular weight excluding hydrogens is 265 g/mol. The number of rotatable bonds is 4. The lowest BCUT2D eigenvalue weighted by molar-refractivity contribution is 0.309. The Labute approximate surface area is 97.1 Å². The molecule has 0 fully saturated rings. The van der Waals surface area contributed by atoms with E-state index in [0.717, 1.165) is 16.5 Å². The fraction of sp³-hybridized carbons (Fsp3) is 0.300. The first-order valence-electron chi connectivity index (χ1n) is 4.18. The number of nitrogens with zero attached hydrogens (tertiary/aromatic N) is 1. The summed E-state index contributed by atoms with van der Waals surface area (Å²) in [5.41, 5.74) is 1.08. The normalized spacial score (nSPS) is 9.93. The molecule has 0 saturated heterocycles. The molecule has 0 atom stereocenters. The predicted molar refractivity (Wildman–Crippen MR) is 61.9 cm³/mol. The van der Waals surface area contributed by atoms with E-state index in [4.69, 9.17) is 16.3 Å². The van der Waals surface area contributed by atoms with Crippen molar-refractivity contribution in [2.75, 3.05) is 6.61 Å². The standard InChI is InChI=1S/C10H11BrClNO/c1-7(2)3-4-14-10-9(12)5-8(11)6-13-10/h5-6H,1,3-4H2,2H3. The number of aromatic nitrogens is 1. The van der Waals surface area contributed by atoms with E-state index in [1.54, 1.807) is 12.3 Å². The molecule has 0 bridgehead atoms. The molecule has 0 aliphatic carbocycles. The number of hydrogen-bond acceptors (Lipinski definition) is 2. The Morgan fingerprint density at radius 3 is 3.00 bits per heavy atom. The van der Waals surface area contributed by atoms with E-state index in [1.165, 1.54) is 0 Å². The van der Waals surface area contributed by atoms with E-state index in [9.17, 15) is 0 Å². The summed E-state index contributed by atoms with van der Waals surface area (Å²) in [6.45, 7) is 6.30. The van der Waals surface area contributed by atoms with Gasteiger partial charge in [-0.25, -0.2) is 4.98 Å². The van der Waals surface area contributed by atoms with Gasteiger partial charge in [0, 0.05) is 17.1 Å². The summed E-state index contributed by atoms with van der Waals surface area (Å²) in [6.07, 6.45) is 2.47. The van der Waals surface area contributed by atoms with Gasteiger partial charge in [-0.2, -0.15) is 0 Å². The summed E-state index contributed by atoms with van der Waals surface area (Å²) >= 11 is 9.18. The van der Waals surface area contributed by atoms with Gasteiger partial charge in [-0.15, -0.1) is 6.58 Å². The van der Waals surface area contributed by atoms with Crippen LogP contribution in [0.25, 0.3) is 0 Å². The third-order valence-corrected chi connectivity index (χ3v) is 2.25. The van der Waals surface area contributed by atoms with Gasteiger partial charge >= 0.3 is 0 Å². The van der Waals surface area contributed by atoms with Crippen molar-refractivity contribution in [3.63, 3.8) is 0 Å². The Kier molecular flexibility index (Phi) is 4.42. The lowest BCUT2D eigenvalue weighted by Gasteiger charge is -2.06. The zero-order valence-corrected chi connectivity index (χ0v) is 10.2. The van der Waals surface area contributed by atoms with Gasteiger partial charge in [0.05, 0.1) is 6.61 Å². The van der Waals surface area contributed by atoms with E-state index in [-0.39, 0.29) is 0 Å². The number of ether oxygens (including phenoxy) is 1. The zero-order valence-electron chi connectivity index (χ0n) is 7.89. The van der Waals surface area contributed by atoms with Gasteiger partial charge in [0.2, 0.25) is 5.88 Å². The number of hydrogen-bond donors (Lipinski definition) is 0. The second-order valence-electron chi connectivity index (χ2n) is 3.00. The molecule has 14 heavy (non-hydrogen) atoms. The van der Waals surface area contributed by atoms with E-state index in [0.29, 0.717) is 17.5 Å². The van der Waals surface area contributed by atoms with Crippen LogP contribution in [-0.4, -0.2) is 11.6 Å². The minimum Gasteiger partial charge on any atom is -0.476 e. The van der Waals surface area contributed by atoms with Crippen molar-refractivity contribution in [3.05, 3.63) is 33.9 Å². The Hall–Kier alpha value is -0.540. The number of pyridine rings is 1. The van der Waals surface area contributed by atoms with Crippen LogP contribution < -0.4 is 4.74 Å². The fourth-order valence-electron chi connectivity index (χ4n) is 0.830. The highest BCUT2D eigenvalue weighted by Crippen LogP contribution is 2.24. The quantitative estimate of drug-likeness (QED) is 0.780. The topological polar surface area (TPSA) is 22.1 Å². The van der Waals surface area contributed by atoms with Crippen LogP contribution in [0.15, 0.2) is 28.9 Å². The molecule has 4 heteroatoms. The first-order chi connectivity index (χ1) is 6.59. The zero-order chi connectivity index (χ0) is 10.6. The molecule has 1 heterocycles. The van der Waals surface area contributed by atoms with Gasteiger partial charge in [-0.1, -0.05) is 17.2 Å². The largest absolute Gasteiger partial charge is 0.476 e. The van der Waals surface area contributed by atoms with E-state index in [2.05, 4.69) is 27.5 Å². The minimum atomic E-state index is 0.469. The van der Waals surface area contributed by atoms with Crippen molar-refractivity contribution in [1.82, 2.24) is 4.98 Å². The maximum Gasteiger partial charge on any atom is 0.232 e. The van der Waals surface area contributed by atoms with Crippen LogP contribution in [0.1, 0.15) is 13.3 Å². The molecule has 0 N–H and O–H groups in total. The van der Waals surface area contributed by atoms with Crippen LogP contribution in [-0.2, 0) is 0 Å². The summed E-state index contributed by atoms with van der Waals surface area (Å²) in [5.74, 6) is 0.469. The Bertz CT molecular complexity index is 341. The third-order valence-electron chi connectivity index (χ3n) is 1.54. The Balaban J connectivity index is 2.55. The maximum atomic E-state index is 5.90. The lowest BCUT2D eigenvalue weighted by Crippen LogP contribution is -1.99. The van der Waals surface area contributed by atoms with Gasteiger partial charge in [-0.05, 0) is 28.9 Å². The monoisotopic (exact) mass is 275 g/mol. The van der Waals surface area contributed by atoms with Gasteiger partial charge in [0.15, 0.2) is 0 Å². The molecule has 2 nitrogen and oxygen atoms in total. The van der Waals surface area contributed by atoms with Crippen LogP contribution in [0.4, 0.5) is 0 Å². The average Bonchev–Trinajstić information content (AvgIpc) is 2.08. The Morgan fingerprint density at radius 1 is 1.71 bits per heavy atom. The molecule has 0 aliphatic rings. The summed E-state index contributed by atoms with van der Waals surface area (Å²) < 4.78 is 6.22. The predicted octanol–water partition coefficient (Wildman–Crippen LogP) is 3.84. The summed E-state index contributed by atoms with van der Waals surface area (Å²) in [6, 6.07) is 1.75. The van der Waals surface area contributed by atoms with Gasteiger partial charge < -0.3 is 4.74 Å². The van der Waals surface area contributed by atoms with Gasteiger partial charge in [0.1, 0.15) is 5.02 Å². The van der Waals surface area contributed by atoms with Gasteiger partial charge in [-0.3, -0.25) is 0 Å². The van der Waals surface area contributed by atoms with Crippen LogP contribution >= 0.6 is 27.5 Å². The average molecular weight is 277 g/mol. The second kappa shape index (κ2) is 5.37. The van der Waals surface area contributed by atoms with Gasteiger partial charge in [0.25, 0.3) is 0 Å². The smallest absolute Gasteiger partial charge is 0.232 e. The first kappa shape index (κ1) is 11.5. The minimum absolute atomic E-state index is 0.469. The van der Waals surface area contributed by atoms with Crippen molar-refractivity contribution < 1.29 is 4.74 Å². The molecule has 76 valence electrons. The van der Waals surface area contributed by atoms with E-state index < -0.39 is 0 Å². The maximum absolute atomic E-state index is 5.90. The summed E-state index contributed by atoms with van der Waals surface area (Å²) in [7, 11) is 0. The summed E-state index contributed by atoms with van der Waals surface area (Å²) in [5, 5.41) is 0.515. The second-order valence-corrected chi connectivity index (χ2v) is 4.32. The molecule has 0 spiro atoms. The Morgan fingerprint density at radius 2 is 2.43 bits per heavy atom. The molecule has 1 aromatic heterocycles. The number of halogens is 2. The molecule has 1 rings (SSSR count). The molecular formula is C10H11BrClNO. The lowest BCUT2D eigenvalue weighted by atomic mass is 10.3. The third kappa shape index (κ3) is 3.68. The fourth-order valence-corrected chi connectivity index (χ4v) is 1.51. The first-order valence-corrected chi connectivity index (χ1v) is 5.35. The molecule has 0 radical (unpaired) electrons. The van der Waals surface area contributed by atoms with Crippen molar-refractivity contribution in [2.24, 2.45) is 0 Å². The van der Waals surface area contributed by atoms with Crippen LogP contribution in [0.3, 0.4) is 0 Å².